The third-order valence-corrected chi connectivity index (χ3v) is 4.11. The van der Waals surface area contributed by atoms with E-state index in [1.54, 1.807) is 4.90 Å². The molecule has 20 heavy (non-hydrogen) atoms. The zero-order valence-electron chi connectivity index (χ0n) is 13.3. The summed E-state index contributed by atoms with van der Waals surface area (Å²) in [5.74, 6) is 0. The van der Waals surface area contributed by atoms with Gasteiger partial charge in [0.1, 0.15) is 5.60 Å². The summed E-state index contributed by atoms with van der Waals surface area (Å²) < 4.78 is 5.38. The summed E-state index contributed by atoms with van der Waals surface area (Å²) in [6, 6.07) is 1.12. The Morgan fingerprint density at radius 1 is 1.00 bits per heavy atom. The van der Waals surface area contributed by atoms with Gasteiger partial charge in [0.15, 0.2) is 0 Å². The molecule has 1 aliphatic heterocycles. The highest BCUT2D eigenvalue weighted by molar-refractivity contribution is 5.69. The van der Waals surface area contributed by atoms with Crippen molar-refractivity contribution in [2.45, 2.75) is 83.4 Å². The van der Waals surface area contributed by atoms with Crippen molar-refractivity contribution in [3.05, 3.63) is 0 Å². The van der Waals surface area contributed by atoms with Gasteiger partial charge in [-0.15, -0.1) is 0 Å². The molecule has 116 valence electrons. The van der Waals surface area contributed by atoms with Gasteiger partial charge in [-0.05, 0) is 33.6 Å². The zero-order chi connectivity index (χ0) is 14.6. The number of likely N-dealkylation sites (tertiary alicyclic amines) is 1. The van der Waals surface area contributed by atoms with Crippen LogP contribution in [0.4, 0.5) is 4.79 Å². The fourth-order valence-corrected chi connectivity index (χ4v) is 3.02. The van der Waals surface area contributed by atoms with E-state index in [2.05, 4.69) is 5.32 Å². The van der Waals surface area contributed by atoms with Crippen LogP contribution in [0.1, 0.15) is 65.7 Å². The fourth-order valence-electron chi connectivity index (χ4n) is 3.02. The van der Waals surface area contributed by atoms with Gasteiger partial charge < -0.3 is 15.0 Å². The van der Waals surface area contributed by atoms with Crippen LogP contribution < -0.4 is 5.32 Å². The smallest absolute Gasteiger partial charge is 0.410 e. The molecule has 2 fully saturated rings. The van der Waals surface area contributed by atoms with Gasteiger partial charge in [0.25, 0.3) is 0 Å². The van der Waals surface area contributed by atoms with Gasteiger partial charge in [0.05, 0.1) is 0 Å². The second kappa shape index (κ2) is 6.79. The average Bonchev–Trinajstić information content (AvgIpc) is 2.21. The quantitative estimate of drug-likeness (QED) is 0.845. The van der Waals surface area contributed by atoms with Gasteiger partial charge in [-0.1, -0.05) is 32.1 Å². The van der Waals surface area contributed by atoms with Crippen molar-refractivity contribution >= 4 is 6.09 Å². The summed E-state index contributed by atoms with van der Waals surface area (Å²) in [5.41, 5.74) is -0.394. The van der Waals surface area contributed by atoms with Crippen LogP contribution >= 0.6 is 0 Å². The molecule has 0 bridgehead atoms. The second-order valence-electron chi connectivity index (χ2n) is 7.29. The summed E-state index contributed by atoms with van der Waals surface area (Å²) in [7, 11) is 0. The maximum absolute atomic E-state index is 11.9. The van der Waals surface area contributed by atoms with E-state index < -0.39 is 5.60 Å². The molecular weight excluding hydrogens is 252 g/mol. The van der Waals surface area contributed by atoms with Crippen LogP contribution in [0.25, 0.3) is 0 Å². The molecule has 0 aromatic heterocycles. The maximum atomic E-state index is 11.9. The van der Waals surface area contributed by atoms with Crippen LogP contribution in [0.2, 0.25) is 0 Å². The molecule has 1 saturated carbocycles. The standard InChI is InChI=1S/C16H30N2O2/c1-16(2,3)20-15(19)18-11-14(12-18)17-13-9-7-5-4-6-8-10-13/h13-14,17H,4-12H2,1-3H3. The highest BCUT2D eigenvalue weighted by Gasteiger charge is 2.34. The number of nitrogens with zero attached hydrogens (tertiary/aromatic N) is 1. The number of carbonyl (C=O) groups is 1. The number of hydrogen-bond acceptors (Lipinski definition) is 3. The van der Waals surface area contributed by atoms with Crippen molar-refractivity contribution in [3.8, 4) is 0 Å². The molecule has 1 N–H and O–H groups in total. The molecule has 1 aliphatic carbocycles. The molecule has 0 unspecified atom stereocenters. The highest BCUT2D eigenvalue weighted by Crippen LogP contribution is 2.20. The highest BCUT2D eigenvalue weighted by atomic mass is 16.6. The molecule has 0 spiro atoms. The van der Waals surface area contributed by atoms with Crippen LogP contribution in [-0.4, -0.2) is 41.8 Å². The first-order chi connectivity index (χ1) is 9.44. The molecular formula is C16H30N2O2. The van der Waals surface area contributed by atoms with Crippen LogP contribution in [0.15, 0.2) is 0 Å². The average molecular weight is 282 g/mol. The van der Waals surface area contributed by atoms with E-state index >= 15 is 0 Å². The van der Waals surface area contributed by atoms with Gasteiger partial charge >= 0.3 is 6.09 Å². The molecule has 4 nitrogen and oxygen atoms in total. The Bertz CT molecular complexity index is 311. The van der Waals surface area contributed by atoms with Gasteiger partial charge in [-0.2, -0.15) is 0 Å². The van der Waals surface area contributed by atoms with Gasteiger partial charge in [-0.3, -0.25) is 0 Å². The Balaban J connectivity index is 1.66. The molecule has 0 aromatic carbocycles. The lowest BCUT2D eigenvalue weighted by molar-refractivity contribution is 0.00382. The first-order valence-corrected chi connectivity index (χ1v) is 8.18. The monoisotopic (exact) mass is 282 g/mol. The summed E-state index contributed by atoms with van der Waals surface area (Å²) >= 11 is 0. The number of nitrogens with one attached hydrogen (secondary N) is 1. The topological polar surface area (TPSA) is 41.6 Å². The molecule has 2 aliphatic rings. The lowest BCUT2D eigenvalue weighted by Crippen LogP contribution is -2.62. The fraction of sp³-hybridized carbons (Fsp3) is 0.938. The number of amides is 1. The van der Waals surface area contributed by atoms with Crippen molar-refractivity contribution in [2.75, 3.05) is 13.1 Å². The van der Waals surface area contributed by atoms with Crippen LogP contribution in [0.5, 0.6) is 0 Å². The Morgan fingerprint density at radius 3 is 2.10 bits per heavy atom. The molecule has 2 rings (SSSR count). The Hall–Kier alpha value is -0.770. The van der Waals surface area contributed by atoms with Crippen molar-refractivity contribution < 1.29 is 9.53 Å². The van der Waals surface area contributed by atoms with E-state index in [4.69, 9.17) is 4.74 Å². The summed E-state index contributed by atoms with van der Waals surface area (Å²) in [6.07, 6.45) is 9.28. The lowest BCUT2D eigenvalue weighted by Gasteiger charge is -2.42. The Morgan fingerprint density at radius 2 is 1.55 bits per heavy atom. The summed E-state index contributed by atoms with van der Waals surface area (Å²) in [5, 5.41) is 3.72. The van der Waals surface area contributed by atoms with Crippen molar-refractivity contribution in [1.29, 1.82) is 0 Å². The molecule has 1 amide bonds. The van der Waals surface area contributed by atoms with E-state index in [0.717, 1.165) is 13.1 Å². The molecule has 4 heteroatoms. The second-order valence-corrected chi connectivity index (χ2v) is 7.29. The van der Waals surface area contributed by atoms with Crippen LogP contribution in [-0.2, 0) is 4.74 Å². The molecule has 1 heterocycles. The number of ether oxygens (including phenoxy) is 1. The van der Waals surface area contributed by atoms with Gasteiger partial charge in [0.2, 0.25) is 0 Å². The van der Waals surface area contributed by atoms with Crippen molar-refractivity contribution in [1.82, 2.24) is 10.2 Å². The molecule has 0 radical (unpaired) electrons. The Labute approximate surface area is 123 Å². The zero-order valence-corrected chi connectivity index (χ0v) is 13.3. The van der Waals surface area contributed by atoms with E-state index in [1.165, 1.54) is 44.9 Å². The SMILES string of the molecule is CC(C)(C)OC(=O)N1CC(NC2CCCCCCC2)C1. The van der Waals surface area contributed by atoms with Gasteiger partial charge in [-0.25, -0.2) is 4.79 Å². The minimum absolute atomic E-state index is 0.173. The minimum Gasteiger partial charge on any atom is -0.444 e. The molecule has 0 atom stereocenters. The van der Waals surface area contributed by atoms with E-state index in [0.29, 0.717) is 12.1 Å². The van der Waals surface area contributed by atoms with Gasteiger partial charge in [0, 0.05) is 25.2 Å². The lowest BCUT2D eigenvalue weighted by atomic mass is 9.95. The normalized spacial score (nSPS) is 22.9. The Kier molecular flexibility index (Phi) is 5.30. The van der Waals surface area contributed by atoms with E-state index in [-0.39, 0.29) is 6.09 Å². The maximum Gasteiger partial charge on any atom is 0.410 e. The predicted octanol–water partition coefficient (Wildman–Crippen LogP) is 3.31. The minimum atomic E-state index is -0.394. The molecule has 1 saturated heterocycles. The third-order valence-electron chi connectivity index (χ3n) is 4.11. The first-order valence-electron chi connectivity index (χ1n) is 8.18. The summed E-state index contributed by atoms with van der Waals surface area (Å²) in [6.45, 7) is 7.33. The van der Waals surface area contributed by atoms with E-state index in [1.807, 2.05) is 20.8 Å². The van der Waals surface area contributed by atoms with Crippen LogP contribution in [0.3, 0.4) is 0 Å². The summed E-state index contributed by atoms with van der Waals surface area (Å²) in [4.78, 5) is 13.7. The number of rotatable bonds is 2. The van der Waals surface area contributed by atoms with Crippen molar-refractivity contribution in [2.24, 2.45) is 0 Å². The largest absolute Gasteiger partial charge is 0.444 e. The third kappa shape index (κ3) is 4.97. The van der Waals surface area contributed by atoms with Crippen molar-refractivity contribution in [3.63, 3.8) is 0 Å². The number of carbonyl (C=O) groups excluding carboxylic acids is 1. The predicted molar refractivity (Wildman–Crippen MR) is 80.8 cm³/mol. The van der Waals surface area contributed by atoms with Crippen LogP contribution in [0, 0.1) is 0 Å². The van der Waals surface area contributed by atoms with E-state index in [9.17, 15) is 4.79 Å². The molecule has 0 aromatic rings. The number of hydrogen-bond donors (Lipinski definition) is 1. The first kappa shape index (κ1) is 15.6.